The van der Waals surface area contributed by atoms with Gasteiger partial charge in [-0.2, -0.15) is 0 Å². The highest BCUT2D eigenvalue weighted by molar-refractivity contribution is 5.51. The zero-order chi connectivity index (χ0) is 12.7. The van der Waals surface area contributed by atoms with Gasteiger partial charge in [-0.3, -0.25) is 4.98 Å². The second kappa shape index (κ2) is 7.28. The van der Waals surface area contributed by atoms with Crippen LogP contribution in [0.1, 0.15) is 38.4 Å². The van der Waals surface area contributed by atoms with Crippen molar-refractivity contribution >= 4 is 5.69 Å². The number of aromatic nitrogens is 1. The molecule has 3 heteroatoms. The minimum atomic E-state index is 0.653. The second-order valence-electron chi connectivity index (χ2n) is 4.93. The normalized spacial score (nSPS) is 10.9. The number of nitrogens with zero attached hydrogens (tertiary/aromatic N) is 1. The van der Waals surface area contributed by atoms with Crippen LogP contribution in [-0.2, 0) is 6.54 Å². The van der Waals surface area contributed by atoms with Crippen LogP contribution in [0, 0.1) is 12.8 Å². The van der Waals surface area contributed by atoms with E-state index in [1.54, 1.807) is 0 Å². The third-order valence-corrected chi connectivity index (χ3v) is 2.57. The molecular formula is C14H25N3. The van der Waals surface area contributed by atoms with Crippen LogP contribution in [0.3, 0.4) is 0 Å². The van der Waals surface area contributed by atoms with Gasteiger partial charge in [0.05, 0.1) is 0 Å². The van der Waals surface area contributed by atoms with Gasteiger partial charge >= 0.3 is 0 Å². The Morgan fingerprint density at radius 1 is 1.35 bits per heavy atom. The summed E-state index contributed by atoms with van der Waals surface area (Å²) >= 11 is 0. The summed E-state index contributed by atoms with van der Waals surface area (Å²) in [5.41, 5.74) is 3.54. The zero-order valence-electron chi connectivity index (χ0n) is 11.5. The first-order valence-corrected chi connectivity index (χ1v) is 6.53. The molecule has 2 N–H and O–H groups in total. The van der Waals surface area contributed by atoms with Crippen LogP contribution in [0.5, 0.6) is 0 Å². The highest BCUT2D eigenvalue weighted by Crippen LogP contribution is 2.16. The Balaban J connectivity index is 2.66. The average molecular weight is 235 g/mol. The Morgan fingerprint density at radius 3 is 2.76 bits per heavy atom. The van der Waals surface area contributed by atoms with E-state index >= 15 is 0 Å². The first-order chi connectivity index (χ1) is 8.13. The number of anilines is 1. The molecule has 0 radical (unpaired) electrons. The smallest absolute Gasteiger partial charge is 0.0419 e. The predicted octanol–water partition coefficient (Wildman–Crippen LogP) is 2.96. The maximum Gasteiger partial charge on any atom is 0.0419 e. The van der Waals surface area contributed by atoms with Crippen molar-refractivity contribution in [2.45, 2.75) is 40.7 Å². The molecule has 0 unspecified atom stereocenters. The number of hydrogen-bond acceptors (Lipinski definition) is 3. The Morgan fingerprint density at radius 2 is 2.12 bits per heavy atom. The topological polar surface area (TPSA) is 37.0 Å². The minimum absolute atomic E-state index is 0.653. The van der Waals surface area contributed by atoms with Gasteiger partial charge in [0, 0.05) is 36.2 Å². The van der Waals surface area contributed by atoms with E-state index in [2.05, 4.69) is 42.5 Å². The summed E-state index contributed by atoms with van der Waals surface area (Å²) in [6, 6.07) is 2.13. The molecule has 96 valence electrons. The maximum absolute atomic E-state index is 4.37. The highest BCUT2D eigenvalue weighted by Gasteiger charge is 2.04. The standard InChI is InChI=1S/C14H25N3/c1-5-6-15-9-13-10-16-12(4)7-14(13)17-8-11(2)3/h7,10-11,15H,5-6,8-9H2,1-4H3,(H,16,17). The van der Waals surface area contributed by atoms with Crippen molar-refractivity contribution in [2.75, 3.05) is 18.4 Å². The van der Waals surface area contributed by atoms with E-state index in [0.717, 1.165) is 31.7 Å². The molecule has 3 nitrogen and oxygen atoms in total. The molecule has 0 aliphatic rings. The van der Waals surface area contributed by atoms with Crippen molar-refractivity contribution in [1.82, 2.24) is 10.3 Å². The van der Waals surface area contributed by atoms with Gasteiger partial charge in [0.25, 0.3) is 0 Å². The molecule has 0 aromatic carbocycles. The van der Waals surface area contributed by atoms with Crippen molar-refractivity contribution in [2.24, 2.45) is 5.92 Å². The number of hydrogen-bond donors (Lipinski definition) is 2. The third-order valence-electron chi connectivity index (χ3n) is 2.57. The lowest BCUT2D eigenvalue weighted by atomic mass is 10.1. The van der Waals surface area contributed by atoms with Crippen LogP contribution >= 0.6 is 0 Å². The lowest BCUT2D eigenvalue weighted by Crippen LogP contribution is -2.17. The summed E-state index contributed by atoms with van der Waals surface area (Å²) < 4.78 is 0. The first kappa shape index (κ1) is 14.0. The van der Waals surface area contributed by atoms with E-state index in [-0.39, 0.29) is 0 Å². The number of rotatable bonds is 7. The van der Waals surface area contributed by atoms with E-state index in [1.807, 2.05) is 13.1 Å². The molecule has 1 aromatic rings. The fourth-order valence-corrected chi connectivity index (χ4v) is 1.61. The fourth-order valence-electron chi connectivity index (χ4n) is 1.61. The van der Waals surface area contributed by atoms with Crippen molar-refractivity contribution in [3.05, 3.63) is 23.5 Å². The molecule has 0 saturated carbocycles. The number of aryl methyl sites for hydroxylation is 1. The lowest BCUT2D eigenvalue weighted by Gasteiger charge is -2.14. The molecule has 0 saturated heterocycles. The zero-order valence-corrected chi connectivity index (χ0v) is 11.5. The van der Waals surface area contributed by atoms with Gasteiger partial charge in [0.1, 0.15) is 0 Å². The van der Waals surface area contributed by atoms with E-state index in [4.69, 9.17) is 0 Å². The van der Waals surface area contributed by atoms with Crippen LogP contribution in [0.4, 0.5) is 5.69 Å². The number of pyridine rings is 1. The van der Waals surface area contributed by atoms with Gasteiger partial charge in [-0.15, -0.1) is 0 Å². The largest absolute Gasteiger partial charge is 0.384 e. The van der Waals surface area contributed by atoms with E-state index in [1.165, 1.54) is 11.3 Å². The molecule has 0 aliphatic carbocycles. The maximum atomic E-state index is 4.37. The van der Waals surface area contributed by atoms with E-state index < -0.39 is 0 Å². The number of nitrogens with one attached hydrogen (secondary N) is 2. The van der Waals surface area contributed by atoms with Gasteiger partial charge in [-0.25, -0.2) is 0 Å². The summed E-state index contributed by atoms with van der Waals surface area (Å²) in [6.07, 6.45) is 3.13. The molecule has 0 aliphatic heterocycles. The fraction of sp³-hybridized carbons (Fsp3) is 0.643. The summed E-state index contributed by atoms with van der Waals surface area (Å²) in [6.45, 7) is 11.6. The van der Waals surface area contributed by atoms with Crippen molar-refractivity contribution < 1.29 is 0 Å². The minimum Gasteiger partial charge on any atom is -0.384 e. The van der Waals surface area contributed by atoms with Crippen molar-refractivity contribution in [3.63, 3.8) is 0 Å². The van der Waals surface area contributed by atoms with Crippen molar-refractivity contribution in [1.29, 1.82) is 0 Å². The van der Waals surface area contributed by atoms with Crippen LogP contribution in [0.2, 0.25) is 0 Å². The van der Waals surface area contributed by atoms with E-state index in [9.17, 15) is 0 Å². The molecule has 17 heavy (non-hydrogen) atoms. The average Bonchev–Trinajstić information content (AvgIpc) is 2.29. The Hall–Kier alpha value is -1.09. The summed E-state index contributed by atoms with van der Waals surface area (Å²) in [7, 11) is 0. The molecule has 0 atom stereocenters. The van der Waals surface area contributed by atoms with Crippen molar-refractivity contribution in [3.8, 4) is 0 Å². The summed E-state index contributed by atoms with van der Waals surface area (Å²) in [5, 5.41) is 6.92. The first-order valence-electron chi connectivity index (χ1n) is 6.53. The third kappa shape index (κ3) is 5.18. The van der Waals surface area contributed by atoms with Crippen LogP contribution < -0.4 is 10.6 Å². The Kier molecular flexibility index (Phi) is 5.98. The van der Waals surface area contributed by atoms with Crippen LogP contribution in [0.25, 0.3) is 0 Å². The molecule has 0 spiro atoms. The highest BCUT2D eigenvalue weighted by atomic mass is 14.9. The molecule has 1 rings (SSSR count). The Bertz CT molecular complexity index is 334. The molecule has 0 fully saturated rings. The SMILES string of the molecule is CCCNCc1cnc(C)cc1NCC(C)C. The quantitative estimate of drug-likeness (QED) is 0.713. The molecular weight excluding hydrogens is 210 g/mol. The van der Waals surface area contributed by atoms with Gasteiger partial charge in [-0.1, -0.05) is 20.8 Å². The monoisotopic (exact) mass is 235 g/mol. The van der Waals surface area contributed by atoms with Gasteiger partial charge in [-0.05, 0) is 31.9 Å². The molecule has 1 aromatic heterocycles. The van der Waals surface area contributed by atoms with Gasteiger partial charge < -0.3 is 10.6 Å². The van der Waals surface area contributed by atoms with Gasteiger partial charge in [0.2, 0.25) is 0 Å². The molecule has 1 heterocycles. The Labute approximate surface area is 105 Å². The predicted molar refractivity (Wildman–Crippen MR) is 74.3 cm³/mol. The summed E-state index contributed by atoms with van der Waals surface area (Å²) in [4.78, 5) is 4.37. The van der Waals surface area contributed by atoms with E-state index in [0.29, 0.717) is 5.92 Å². The lowest BCUT2D eigenvalue weighted by molar-refractivity contribution is 0.668. The molecule has 0 amide bonds. The summed E-state index contributed by atoms with van der Waals surface area (Å²) in [5.74, 6) is 0.653. The van der Waals surface area contributed by atoms with Crippen LogP contribution in [0.15, 0.2) is 12.3 Å². The second-order valence-corrected chi connectivity index (χ2v) is 4.93. The van der Waals surface area contributed by atoms with Gasteiger partial charge in [0.15, 0.2) is 0 Å². The van der Waals surface area contributed by atoms with Crippen LogP contribution in [-0.4, -0.2) is 18.1 Å². The molecule has 0 bridgehead atoms.